The molecule has 0 aromatic heterocycles. The van der Waals surface area contributed by atoms with Crippen LogP contribution in [0.5, 0.6) is 0 Å². The Morgan fingerprint density at radius 2 is 2.05 bits per heavy atom. The molecule has 0 N–H and O–H groups in total. The molecule has 0 radical (unpaired) electrons. The van der Waals surface area contributed by atoms with Crippen molar-refractivity contribution >= 4 is 11.6 Å². The quantitative estimate of drug-likeness (QED) is 0.450. The smallest absolute Gasteiger partial charge is 0.230 e. The predicted molar refractivity (Wildman–Crippen MR) is 85.2 cm³/mol. The van der Waals surface area contributed by atoms with E-state index in [0.29, 0.717) is 17.9 Å². The van der Waals surface area contributed by atoms with Gasteiger partial charge >= 0.3 is 0 Å². The minimum Gasteiger partial charge on any atom is -0.488 e. The SMILES string of the molecule is CCCCCC1(C)C=CC2=C(C)COC3=CC(=O)C(=O)C1=C32. The summed E-state index contributed by atoms with van der Waals surface area (Å²) in [5.41, 5.74) is 3.29. The fourth-order valence-electron chi connectivity index (χ4n) is 3.55. The molecule has 2 aliphatic carbocycles. The molecule has 3 nitrogen and oxygen atoms in total. The minimum atomic E-state index is -0.454. The van der Waals surface area contributed by atoms with Crippen molar-refractivity contribution < 1.29 is 14.3 Å². The topological polar surface area (TPSA) is 43.4 Å². The number of unbranched alkanes of at least 4 members (excludes halogenated alkanes) is 2. The fourth-order valence-corrected chi connectivity index (χ4v) is 3.55. The summed E-state index contributed by atoms with van der Waals surface area (Å²) >= 11 is 0. The first kappa shape index (κ1) is 15.0. The standard InChI is InChI=1S/C19H22O3/c1-4-5-6-8-19(3)9-7-13-12(2)11-22-15-10-14(20)18(21)17(19)16(13)15/h7,9-10H,4-6,8,11H2,1-3H3. The Kier molecular flexibility index (Phi) is 3.67. The first-order valence-corrected chi connectivity index (χ1v) is 8.05. The molecule has 1 aliphatic heterocycles. The molecule has 116 valence electrons. The first-order chi connectivity index (χ1) is 10.5. The average Bonchev–Trinajstić information content (AvgIpc) is 2.48. The molecule has 0 saturated heterocycles. The van der Waals surface area contributed by atoms with Gasteiger partial charge in [-0.15, -0.1) is 0 Å². The van der Waals surface area contributed by atoms with Crippen molar-refractivity contribution in [2.75, 3.05) is 6.61 Å². The van der Waals surface area contributed by atoms with Crippen molar-refractivity contribution in [2.24, 2.45) is 5.41 Å². The second-order valence-electron chi connectivity index (χ2n) is 6.64. The van der Waals surface area contributed by atoms with Gasteiger partial charge in [0.25, 0.3) is 0 Å². The van der Waals surface area contributed by atoms with Crippen molar-refractivity contribution in [3.8, 4) is 0 Å². The van der Waals surface area contributed by atoms with E-state index in [1.807, 2.05) is 6.92 Å². The first-order valence-electron chi connectivity index (χ1n) is 8.05. The molecule has 0 bridgehead atoms. The van der Waals surface area contributed by atoms with Crippen molar-refractivity contribution in [2.45, 2.75) is 46.5 Å². The number of carbonyl (C=O) groups is 2. The highest BCUT2D eigenvalue weighted by Gasteiger charge is 2.43. The second-order valence-corrected chi connectivity index (χ2v) is 6.64. The van der Waals surface area contributed by atoms with Crippen molar-refractivity contribution in [1.29, 1.82) is 0 Å². The fraction of sp³-hybridized carbons (Fsp3) is 0.474. The Morgan fingerprint density at radius 1 is 1.27 bits per heavy atom. The van der Waals surface area contributed by atoms with Crippen LogP contribution in [0.4, 0.5) is 0 Å². The molecule has 3 heteroatoms. The van der Waals surface area contributed by atoms with E-state index in [2.05, 4.69) is 26.0 Å². The van der Waals surface area contributed by atoms with Gasteiger partial charge < -0.3 is 4.74 Å². The maximum absolute atomic E-state index is 12.6. The third-order valence-corrected chi connectivity index (χ3v) is 4.87. The van der Waals surface area contributed by atoms with Crippen LogP contribution in [-0.4, -0.2) is 18.2 Å². The van der Waals surface area contributed by atoms with Gasteiger partial charge in [-0.25, -0.2) is 0 Å². The van der Waals surface area contributed by atoms with E-state index in [0.717, 1.165) is 42.4 Å². The number of carbonyl (C=O) groups excluding carboxylic acids is 2. The summed E-state index contributed by atoms with van der Waals surface area (Å²) in [6, 6.07) is 0. The normalized spacial score (nSPS) is 27.0. The maximum atomic E-state index is 12.6. The van der Waals surface area contributed by atoms with E-state index in [9.17, 15) is 9.59 Å². The Bertz CT molecular complexity index is 673. The van der Waals surface area contributed by atoms with Gasteiger partial charge in [-0.1, -0.05) is 45.3 Å². The van der Waals surface area contributed by atoms with Gasteiger partial charge in [0, 0.05) is 22.6 Å². The molecule has 0 spiro atoms. The number of hydrogen-bond donors (Lipinski definition) is 0. The number of hydrogen-bond acceptors (Lipinski definition) is 3. The number of allylic oxidation sites excluding steroid dienone is 5. The number of Topliss-reactive ketones (excluding diaryl/α,β-unsaturated/α-hetero) is 1. The third kappa shape index (κ3) is 2.20. The highest BCUT2D eigenvalue weighted by atomic mass is 16.5. The van der Waals surface area contributed by atoms with E-state index < -0.39 is 5.78 Å². The van der Waals surface area contributed by atoms with Crippen LogP contribution in [-0.2, 0) is 14.3 Å². The van der Waals surface area contributed by atoms with E-state index in [-0.39, 0.29) is 11.2 Å². The van der Waals surface area contributed by atoms with Crippen LogP contribution in [0.15, 0.2) is 46.3 Å². The summed E-state index contributed by atoms with van der Waals surface area (Å²) in [5.74, 6) is -0.242. The largest absolute Gasteiger partial charge is 0.488 e. The minimum absolute atomic E-state index is 0.363. The van der Waals surface area contributed by atoms with Crippen molar-refractivity contribution in [3.05, 3.63) is 46.3 Å². The zero-order valence-electron chi connectivity index (χ0n) is 13.5. The Labute approximate surface area is 131 Å². The molecule has 3 aliphatic rings. The predicted octanol–water partition coefficient (Wildman–Crippen LogP) is 3.82. The zero-order valence-corrected chi connectivity index (χ0v) is 13.5. The Morgan fingerprint density at radius 3 is 2.77 bits per heavy atom. The van der Waals surface area contributed by atoms with Gasteiger partial charge in [-0.3, -0.25) is 9.59 Å². The van der Waals surface area contributed by atoms with Crippen LogP contribution in [0.1, 0.15) is 46.5 Å². The molecule has 0 aromatic rings. The van der Waals surface area contributed by atoms with Gasteiger partial charge in [0.1, 0.15) is 12.4 Å². The lowest BCUT2D eigenvalue weighted by atomic mass is 9.66. The molecule has 1 atom stereocenters. The highest BCUT2D eigenvalue weighted by Crippen LogP contribution is 2.48. The van der Waals surface area contributed by atoms with Crippen LogP contribution in [0.2, 0.25) is 0 Å². The van der Waals surface area contributed by atoms with E-state index in [1.165, 1.54) is 6.08 Å². The summed E-state index contributed by atoms with van der Waals surface area (Å²) in [6.07, 6.45) is 9.78. The Balaban J connectivity index is 2.12. The lowest BCUT2D eigenvalue weighted by molar-refractivity contribution is -0.132. The summed E-state index contributed by atoms with van der Waals surface area (Å²) in [4.78, 5) is 24.6. The summed E-state index contributed by atoms with van der Waals surface area (Å²) in [5, 5.41) is 0. The molecule has 0 aromatic carbocycles. The third-order valence-electron chi connectivity index (χ3n) is 4.87. The van der Waals surface area contributed by atoms with E-state index in [4.69, 9.17) is 4.74 Å². The van der Waals surface area contributed by atoms with Crippen LogP contribution < -0.4 is 0 Å². The number of ether oxygens (including phenoxy) is 1. The van der Waals surface area contributed by atoms with Crippen LogP contribution in [0.3, 0.4) is 0 Å². The van der Waals surface area contributed by atoms with E-state index in [1.54, 1.807) is 0 Å². The molecule has 0 fully saturated rings. The molecule has 1 unspecified atom stereocenters. The van der Waals surface area contributed by atoms with Gasteiger partial charge in [0.15, 0.2) is 0 Å². The summed E-state index contributed by atoms with van der Waals surface area (Å²) in [6.45, 7) is 6.73. The highest BCUT2D eigenvalue weighted by molar-refractivity contribution is 6.49. The molecule has 22 heavy (non-hydrogen) atoms. The molecule has 1 heterocycles. The monoisotopic (exact) mass is 298 g/mol. The van der Waals surface area contributed by atoms with E-state index >= 15 is 0 Å². The number of ketones is 2. The molecule has 0 saturated carbocycles. The number of rotatable bonds is 4. The van der Waals surface area contributed by atoms with Gasteiger partial charge in [0.2, 0.25) is 11.6 Å². The van der Waals surface area contributed by atoms with Crippen LogP contribution >= 0.6 is 0 Å². The van der Waals surface area contributed by atoms with Crippen LogP contribution in [0.25, 0.3) is 0 Å². The lowest BCUT2D eigenvalue weighted by Gasteiger charge is -2.38. The molecular weight excluding hydrogens is 276 g/mol. The average molecular weight is 298 g/mol. The lowest BCUT2D eigenvalue weighted by Crippen LogP contribution is -2.35. The summed E-state index contributed by atoms with van der Waals surface area (Å²) in [7, 11) is 0. The zero-order chi connectivity index (χ0) is 15.9. The van der Waals surface area contributed by atoms with Crippen molar-refractivity contribution in [3.63, 3.8) is 0 Å². The molecule has 3 rings (SSSR count). The van der Waals surface area contributed by atoms with Crippen LogP contribution in [0, 0.1) is 5.41 Å². The second kappa shape index (κ2) is 5.38. The maximum Gasteiger partial charge on any atom is 0.230 e. The summed E-state index contributed by atoms with van der Waals surface area (Å²) < 4.78 is 5.71. The van der Waals surface area contributed by atoms with Gasteiger partial charge in [0.05, 0.1) is 0 Å². The van der Waals surface area contributed by atoms with Gasteiger partial charge in [-0.05, 0) is 24.5 Å². The Hall–Kier alpha value is -1.90. The van der Waals surface area contributed by atoms with Crippen molar-refractivity contribution in [1.82, 2.24) is 0 Å². The van der Waals surface area contributed by atoms with Gasteiger partial charge in [-0.2, -0.15) is 0 Å². The molecular formula is C19H22O3. The molecule has 0 amide bonds.